The number of amides is 1. The zero-order chi connectivity index (χ0) is 20.3. The molecule has 156 valence electrons. The van der Waals surface area contributed by atoms with Crippen LogP contribution in [0.25, 0.3) is 0 Å². The smallest absolute Gasteiger partial charge is 0.352 e. The highest BCUT2D eigenvalue weighted by molar-refractivity contribution is 6.33. The number of pyridine rings is 1. The highest BCUT2D eigenvalue weighted by atomic mass is 35.5. The number of hydrogen-bond donors (Lipinski definition) is 0. The summed E-state index contributed by atoms with van der Waals surface area (Å²) in [7, 11) is 0. The first-order valence-electron chi connectivity index (χ1n) is 9.81. The molecule has 28 heavy (non-hydrogen) atoms. The van der Waals surface area contributed by atoms with Crippen molar-refractivity contribution >= 4 is 23.3 Å². The average Bonchev–Trinajstić information content (AvgIpc) is 2.67. The number of rotatable bonds is 4. The fraction of sp³-hybridized carbons (Fsp3) is 0.684. The minimum atomic E-state index is -4.47. The molecule has 0 saturated carbocycles. The van der Waals surface area contributed by atoms with E-state index in [-0.39, 0.29) is 17.0 Å². The first-order valence-corrected chi connectivity index (χ1v) is 10.2. The number of anilines is 1. The molecule has 0 bridgehead atoms. The van der Waals surface area contributed by atoms with Gasteiger partial charge < -0.3 is 9.80 Å². The summed E-state index contributed by atoms with van der Waals surface area (Å²) in [6.07, 6.45) is 0.465. The molecule has 1 atom stereocenters. The fourth-order valence-corrected chi connectivity index (χ4v) is 4.28. The number of piperidine rings is 1. The minimum absolute atomic E-state index is 0.0176. The molecule has 3 heterocycles. The van der Waals surface area contributed by atoms with E-state index in [0.29, 0.717) is 32.0 Å². The first-order chi connectivity index (χ1) is 13.3. The van der Waals surface area contributed by atoms with Crippen LogP contribution in [-0.4, -0.2) is 66.0 Å². The largest absolute Gasteiger partial charge is 0.417 e. The summed E-state index contributed by atoms with van der Waals surface area (Å²) in [6.45, 7) is 6.07. The van der Waals surface area contributed by atoms with Crippen molar-refractivity contribution in [2.45, 2.75) is 44.8 Å². The van der Waals surface area contributed by atoms with Gasteiger partial charge in [-0.15, -0.1) is 0 Å². The second kappa shape index (κ2) is 8.86. The zero-order valence-corrected chi connectivity index (χ0v) is 16.8. The summed E-state index contributed by atoms with van der Waals surface area (Å²) in [6, 6.07) is 0.861. The van der Waals surface area contributed by atoms with Crippen molar-refractivity contribution in [1.29, 1.82) is 0 Å². The number of aromatic nitrogens is 1. The van der Waals surface area contributed by atoms with Crippen LogP contribution in [-0.2, 0) is 11.0 Å². The maximum Gasteiger partial charge on any atom is 0.417 e. The molecule has 0 radical (unpaired) electrons. The molecule has 1 unspecified atom stereocenters. The summed E-state index contributed by atoms with van der Waals surface area (Å²) in [5, 5.41) is -0.0176. The van der Waals surface area contributed by atoms with Crippen molar-refractivity contribution in [2.24, 2.45) is 0 Å². The Bertz CT molecular complexity index is 690. The van der Waals surface area contributed by atoms with E-state index in [0.717, 1.165) is 51.0 Å². The Morgan fingerprint density at radius 1 is 1.21 bits per heavy atom. The van der Waals surface area contributed by atoms with Gasteiger partial charge in [0.2, 0.25) is 5.91 Å². The number of likely N-dealkylation sites (tertiary alicyclic amines) is 1. The highest BCUT2D eigenvalue weighted by Crippen LogP contribution is 2.33. The number of piperazine rings is 1. The number of nitrogens with zero attached hydrogens (tertiary/aromatic N) is 4. The van der Waals surface area contributed by atoms with Crippen molar-refractivity contribution in [2.75, 3.05) is 44.2 Å². The van der Waals surface area contributed by atoms with Crippen LogP contribution in [0.4, 0.5) is 19.0 Å². The third-order valence-corrected chi connectivity index (χ3v) is 5.73. The summed E-state index contributed by atoms with van der Waals surface area (Å²) in [5.74, 6) is 0.506. The van der Waals surface area contributed by atoms with E-state index < -0.39 is 11.7 Å². The Hall–Kier alpha value is -1.54. The van der Waals surface area contributed by atoms with Crippen LogP contribution in [0.15, 0.2) is 12.3 Å². The highest BCUT2D eigenvalue weighted by Gasteiger charge is 2.34. The van der Waals surface area contributed by atoms with Crippen LogP contribution in [0.1, 0.15) is 38.2 Å². The van der Waals surface area contributed by atoms with Gasteiger partial charge in [-0.2, -0.15) is 13.2 Å². The molecular weight excluding hydrogens is 393 g/mol. The summed E-state index contributed by atoms with van der Waals surface area (Å²) >= 11 is 6.05. The lowest BCUT2D eigenvalue weighted by Crippen LogP contribution is -2.56. The topological polar surface area (TPSA) is 39.7 Å². The Labute approximate surface area is 168 Å². The van der Waals surface area contributed by atoms with Crippen LogP contribution in [0.3, 0.4) is 0 Å². The summed E-state index contributed by atoms with van der Waals surface area (Å²) < 4.78 is 38.4. The van der Waals surface area contributed by atoms with E-state index in [1.54, 1.807) is 0 Å². The van der Waals surface area contributed by atoms with Crippen molar-refractivity contribution < 1.29 is 18.0 Å². The lowest BCUT2D eigenvalue weighted by molar-refractivity contribution is -0.139. The Kier molecular flexibility index (Phi) is 6.70. The van der Waals surface area contributed by atoms with Crippen molar-refractivity contribution in [3.8, 4) is 0 Å². The van der Waals surface area contributed by atoms with Gasteiger partial charge in [0.05, 0.1) is 16.6 Å². The molecule has 1 amide bonds. The molecule has 0 aliphatic carbocycles. The van der Waals surface area contributed by atoms with Crippen molar-refractivity contribution in [3.63, 3.8) is 0 Å². The van der Waals surface area contributed by atoms with Gasteiger partial charge in [-0.3, -0.25) is 9.69 Å². The molecule has 2 fully saturated rings. The normalized spacial score (nSPS) is 21.8. The van der Waals surface area contributed by atoms with Crippen molar-refractivity contribution in [1.82, 2.24) is 14.8 Å². The third kappa shape index (κ3) is 4.71. The Morgan fingerprint density at radius 3 is 2.54 bits per heavy atom. The molecule has 1 aromatic heterocycles. The molecule has 0 N–H and O–H groups in total. The maximum absolute atomic E-state index is 13.0. The lowest BCUT2D eigenvalue weighted by atomic mass is 10.00. The SMILES string of the molecule is CCCN1CCCCC1C(=O)N1CCN(c2ncc(C(F)(F)F)cc2Cl)CC1. The van der Waals surface area contributed by atoms with Gasteiger partial charge >= 0.3 is 6.18 Å². The van der Waals surface area contributed by atoms with Crippen LogP contribution in [0.2, 0.25) is 5.02 Å². The Morgan fingerprint density at radius 2 is 1.93 bits per heavy atom. The number of carbonyl (C=O) groups is 1. The van der Waals surface area contributed by atoms with Gasteiger partial charge in [0.1, 0.15) is 5.82 Å². The molecule has 1 aromatic rings. The zero-order valence-electron chi connectivity index (χ0n) is 16.0. The van der Waals surface area contributed by atoms with Crippen LogP contribution < -0.4 is 4.90 Å². The molecule has 5 nitrogen and oxygen atoms in total. The van der Waals surface area contributed by atoms with Gasteiger partial charge in [0.25, 0.3) is 0 Å². The van der Waals surface area contributed by atoms with Gasteiger partial charge in [-0.05, 0) is 38.4 Å². The molecule has 2 saturated heterocycles. The first kappa shape index (κ1) is 21.2. The van der Waals surface area contributed by atoms with E-state index in [4.69, 9.17) is 11.6 Å². The number of alkyl halides is 3. The van der Waals surface area contributed by atoms with Crippen molar-refractivity contribution in [3.05, 3.63) is 22.8 Å². The molecule has 0 aromatic carbocycles. The van der Waals surface area contributed by atoms with Crippen LogP contribution in [0.5, 0.6) is 0 Å². The summed E-state index contributed by atoms with van der Waals surface area (Å²) in [4.78, 5) is 22.9. The van der Waals surface area contributed by atoms with Crippen LogP contribution >= 0.6 is 11.6 Å². The number of carbonyl (C=O) groups excluding carboxylic acids is 1. The predicted molar refractivity (Wildman–Crippen MR) is 103 cm³/mol. The number of halogens is 4. The monoisotopic (exact) mass is 418 g/mol. The van der Waals surface area contributed by atoms with E-state index in [2.05, 4.69) is 16.8 Å². The number of hydrogen-bond acceptors (Lipinski definition) is 4. The second-order valence-electron chi connectivity index (χ2n) is 7.39. The van der Waals surface area contributed by atoms with E-state index in [1.807, 2.05) is 9.80 Å². The maximum atomic E-state index is 13.0. The van der Waals surface area contributed by atoms with E-state index in [9.17, 15) is 18.0 Å². The van der Waals surface area contributed by atoms with E-state index in [1.165, 1.54) is 0 Å². The molecular formula is C19H26ClF3N4O. The average molecular weight is 419 g/mol. The lowest BCUT2D eigenvalue weighted by Gasteiger charge is -2.41. The second-order valence-corrected chi connectivity index (χ2v) is 7.79. The fourth-order valence-electron chi connectivity index (χ4n) is 3.99. The molecule has 9 heteroatoms. The molecule has 2 aliphatic rings. The van der Waals surface area contributed by atoms with Gasteiger partial charge in [0.15, 0.2) is 0 Å². The minimum Gasteiger partial charge on any atom is -0.352 e. The van der Waals surface area contributed by atoms with Gasteiger partial charge in [-0.25, -0.2) is 4.98 Å². The Balaban J connectivity index is 1.62. The third-order valence-electron chi connectivity index (χ3n) is 5.45. The van der Waals surface area contributed by atoms with Gasteiger partial charge in [0, 0.05) is 32.4 Å². The molecule has 0 spiro atoms. The molecule has 2 aliphatic heterocycles. The molecule has 3 rings (SSSR count). The summed E-state index contributed by atoms with van der Waals surface area (Å²) in [5.41, 5.74) is -0.858. The quantitative estimate of drug-likeness (QED) is 0.748. The van der Waals surface area contributed by atoms with E-state index >= 15 is 0 Å². The predicted octanol–water partition coefficient (Wildman–Crippen LogP) is 3.67. The standard InChI is InChI=1S/C19H26ClF3N4O/c1-2-6-25-7-4-3-5-16(25)18(28)27-10-8-26(9-11-27)17-15(20)12-14(13-24-17)19(21,22)23/h12-13,16H,2-11H2,1H3. The van der Waals surface area contributed by atoms with Gasteiger partial charge in [-0.1, -0.05) is 24.9 Å². The van der Waals surface area contributed by atoms with Crippen LogP contribution in [0, 0.1) is 0 Å².